The molecule has 1 saturated carbocycles. The Labute approximate surface area is 329 Å². The number of hydrogen-bond acceptors (Lipinski definition) is 0. The third-order valence-corrected chi connectivity index (χ3v) is 10.5. The first-order valence-electron chi connectivity index (χ1n) is 17.5. The molecule has 6 aromatic carbocycles. The Morgan fingerprint density at radius 1 is 0.471 bits per heavy atom. The Bertz CT molecular complexity index is 1540. The van der Waals surface area contributed by atoms with Gasteiger partial charge in [0, 0.05) is 26.2 Å². The van der Waals surface area contributed by atoms with E-state index in [1.54, 1.807) is 0 Å². The molecule has 4 heteroatoms. The molecule has 262 valence electrons. The summed E-state index contributed by atoms with van der Waals surface area (Å²) in [6.45, 7) is 11.9. The van der Waals surface area contributed by atoms with Crippen LogP contribution in [0.1, 0.15) is 54.4 Å². The predicted octanol–water partition coefficient (Wildman–Crippen LogP) is 12.3. The summed E-state index contributed by atoms with van der Waals surface area (Å²) < 4.78 is 0. The standard InChI is InChI=1S/C26H29N2P.3C7H7.Zr/c1-5-13-22(14-6-1)21-27-26(28-23-15-7-2-8-16-23)29(24-17-9-3-10-18-24)25-19-11-4-12-20-25;3*1-7-5-3-2-4-6-7;/h1,3-6,9-14,17-20,23,26H,2,7-8,15-16,21H2;3*2-6H,1H2;/q-2;3*-1;. The Kier molecular flexibility index (Phi) is 20.5. The van der Waals surface area contributed by atoms with Crippen molar-refractivity contribution in [3.63, 3.8) is 0 Å². The minimum absolute atomic E-state index is 0. The van der Waals surface area contributed by atoms with Gasteiger partial charge in [-0.3, -0.25) is 0 Å². The maximum Gasteiger partial charge on any atom is 0 e. The molecule has 0 saturated heterocycles. The van der Waals surface area contributed by atoms with E-state index < -0.39 is 7.92 Å². The van der Waals surface area contributed by atoms with Crippen LogP contribution in [-0.4, -0.2) is 11.9 Å². The van der Waals surface area contributed by atoms with Crippen molar-refractivity contribution in [1.29, 1.82) is 0 Å². The van der Waals surface area contributed by atoms with Gasteiger partial charge in [0.25, 0.3) is 0 Å². The van der Waals surface area contributed by atoms with E-state index in [0.717, 1.165) is 23.2 Å². The van der Waals surface area contributed by atoms with Crippen molar-refractivity contribution >= 4 is 18.5 Å². The van der Waals surface area contributed by atoms with Gasteiger partial charge in [-0.25, -0.2) is 5.91 Å². The second-order valence-corrected chi connectivity index (χ2v) is 14.3. The van der Waals surface area contributed by atoms with E-state index in [2.05, 4.69) is 112 Å². The van der Waals surface area contributed by atoms with E-state index in [1.165, 1.54) is 48.3 Å². The van der Waals surface area contributed by atoms with Crippen molar-refractivity contribution in [3.05, 3.63) is 236 Å². The molecule has 51 heavy (non-hydrogen) atoms. The molecule has 0 bridgehead atoms. The monoisotopic (exact) mass is 763 g/mol. The fraction of sp³-hybridized carbons (Fsp3) is 0.170. The molecule has 0 aromatic heterocycles. The summed E-state index contributed by atoms with van der Waals surface area (Å²) in [6, 6.07) is 62.4. The van der Waals surface area contributed by atoms with Crippen LogP contribution in [-0.2, 0) is 32.7 Å². The van der Waals surface area contributed by atoms with Gasteiger partial charge in [0.2, 0.25) is 0 Å². The minimum Gasteiger partial charge on any atom is -0.671 e. The van der Waals surface area contributed by atoms with Crippen molar-refractivity contribution < 1.29 is 26.2 Å². The summed E-state index contributed by atoms with van der Waals surface area (Å²) in [5.41, 5.74) is 4.47. The molecule has 0 radical (unpaired) electrons. The van der Waals surface area contributed by atoms with E-state index in [9.17, 15) is 0 Å². The predicted molar refractivity (Wildman–Crippen MR) is 219 cm³/mol. The van der Waals surface area contributed by atoms with Crippen LogP contribution < -0.4 is 10.6 Å². The maximum absolute atomic E-state index is 5.37. The van der Waals surface area contributed by atoms with Gasteiger partial charge in [-0.05, 0) is 10.6 Å². The zero-order valence-corrected chi connectivity index (χ0v) is 33.0. The summed E-state index contributed by atoms with van der Waals surface area (Å²) in [4.78, 5) is 0. The third kappa shape index (κ3) is 16.8. The van der Waals surface area contributed by atoms with Gasteiger partial charge in [0.1, 0.15) is 0 Å². The maximum atomic E-state index is 5.37. The van der Waals surface area contributed by atoms with E-state index in [1.807, 2.05) is 91.0 Å². The van der Waals surface area contributed by atoms with Gasteiger partial charge in [-0.1, -0.05) is 155 Å². The summed E-state index contributed by atoms with van der Waals surface area (Å²) >= 11 is 0. The molecule has 1 aliphatic carbocycles. The zero-order chi connectivity index (χ0) is 35.1. The van der Waals surface area contributed by atoms with Crippen LogP contribution in [0.15, 0.2) is 182 Å². The summed E-state index contributed by atoms with van der Waals surface area (Å²) in [5, 5.41) is 13.3. The number of benzene rings is 6. The van der Waals surface area contributed by atoms with E-state index >= 15 is 0 Å². The number of hydrogen-bond donors (Lipinski definition) is 0. The smallest absolute Gasteiger partial charge is 0 e. The van der Waals surface area contributed by atoms with Gasteiger partial charge in [0.15, 0.2) is 0 Å². The second kappa shape index (κ2) is 25.2. The normalized spacial score (nSPS) is 12.6. The first-order chi connectivity index (χ1) is 24.6. The Morgan fingerprint density at radius 3 is 1.14 bits per heavy atom. The minimum atomic E-state index is -0.669. The molecular weight excluding hydrogens is 715 g/mol. The fourth-order valence-electron chi connectivity index (χ4n) is 5.41. The molecule has 0 spiro atoms. The molecule has 0 heterocycles. The van der Waals surface area contributed by atoms with Crippen LogP contribution in [0.4, 0.5) is 0 Å². The second-order valence-electron chi connectivity index (χ2n) is 12.1. The van der Waals surface area contributed by atoms with E-state index in [-0.39, 0.29) is 32.1 Å². The molecule has 7 rings (SSSR count). The topological polar surface area (TPSA) is 28.2 Å². The van der Waals surface area contributed by atoms with Crippen LogP contribution in [0.5, 0.6) is 0 Å². The molecule has 1 fully saturated rings. The van der Waals surface area contributed by atoms with Gasteiger partial charge in [0.05, 0.1) is 0 Å². The van der Waals surface area contributed by atoms with Crippen LogP contribution in [0.25, 0.3) is 10.6 Å². The Hall–Kier alpha value is -3.84. The Balaban J connectivity index is 0.000000256. The molecule has 6 aromatic rings. The SMILES string of the molecule is [CH2-]c1ccccc1.[CH2-]c1ccccc1.[CH2-]c1ccccc1.[Zr].c1ccc(C[N-]C([N-]C2CCCCC2)P(c2ccccc2)c2ccccc2)cc1. The van der Waals surface area contributed by atoms with Crippen molar-refractivity contribution in [3.8, 4) is 0 Å². The molecule has 0 amide bonds. The molecule has 1 unspecified atom stereocenters. The van der Waals surface area contributed by atoms with Crippen LogP contribution in [0.3, 0.4) is 0 Å². The van der Waals surface area contributed by atoms with Crippen LogP contribution in [0, 0.1) is 20.8 Å². The van der Waals surface area contributed by atoms with Gasteiger partial charge >= 0.3 is 0 Å². The van der Waals surface area contributed by atoms with Crippen LogP contribution in [0.2, 0.25) is 0 Å². The summed E-state index contributed by atoms with van der Waals surface area (Å²) in [7, 11) is -0.669. The molecule has 1 atom stereocenters. The van der Waals surface area contributed by atoms with E-state index in [0.29, 0.717) is 6.04 Å². The van der Waals surface area contributed by atoms with Crippen molar-refractivity contribution in [2.45, 2.75) is 50.6 Å². The largest absolute Gasteiger partial charge is 0.671 e. The number of rotatable bonds is 8. The van der Waals surface area contributed by atoms with Gasteiger partial charge in [-0.2, -0.15) is 73.9 Å². The summed E-state index contributed by atoms with van der Waals surface area (Å²) in [6.07, 6.45) is 6.38. The molecule has 1 aliphatic rings. The van der Waals surface area contributed by atoms with E-state index in [4.69, 9.17) is 10.6 Å². The summed E-state index contributed by atoms with van der Waals surface area (Å²) in [5.74, 6) is -0.00175. The quantitative estimate of drug-likeness (QED) is 0.109. The van der Waals surface area contributed by atoms with Gasteiger partial charge in [-0.15, -0.1) is 49.0 Å². The zero-order valence-electron chi connectivity index (χ0n) is 29.7. The Morgan fingerprint density at radius 2 is 0.804 bits per heavy atom. The number of nitrogens with zero attached hydrogens (tertiary/aromatic N) is 2. The first-order valence-corrected chi connectivity index (χ1v) is 18.9. The van der Waals surface area contributed by atoms with Crippen molar-refractivity contribution in [2.75, 3.05) is 0 Å². The van der Waals surface area contributed by atoms with Gasteiger partial charge < -0.3 is 10.6 Å². The fourth-order valence-corrected chi connectivity index (χ4v) is 7.80. The first kappa shape index (κ1) is 41.6. The molecule has 0 aliphatic heterocycles. The average molecular weight is 765 g/mol. The van der Waals surface area contributed by atoms with Crippen LogP contribution >= 0.6 is 7.92 Å². The molecule has 0 N–H and O–H groups in total. The molecule has 2 nitrogen and oxygen atoms in total. The molecular formula is C47H50N2PZr-5. The average Bonchev–Trinajstić information content (AvgIpc) is 3.17. The van der Waals surface area contributed by atoms with Crippen molar-refractivity contribution in [2.24, 2.45) is 0 Å². The third-order valence-electron chi connectivity index (χ3n) is 8.03. The van der Waals surface area contributed by atoms with Crippen molar-refractivity contribution in [1.82, 2.24) is 0 Å².